The van der Waals surface area contributed by atoms with Crippen LogP contribution in [0, 0.1) is 6.92 Å². The van der Waals surface area contributed by atoms with E-state index in [-0.39, 0.29) is 12.0 Å². The number of nitrogens with two attached hydrogens (primary N) is 1. The summed E-state index contributed by atoms with van der Waals surface area (Å²) in [5.74, 6) is 0.700. The molecule has 1 aliphatic rings. The van der Waals surface area contributed by atoms with Crippen molar-refractivity contribution >= 4 is 28.5 Å². The first-order chi connectivity index (χ1) is 17.8. The van der Waals surface area contributed by atoms with Crippen LogP contribution in [0.25, 0.3) is 10.9 Å². The number of nitrogens with one attached hydrogen (secondary N) is 1. The minimum atomic E-state index is -1.06. The van der Waals surface area contributed by atoms with E-state index >= 15 is 0 Å². The molecule has 0 saturated heterocycles. The van der Waals surface area contributed by atoms with Gasteiger partial charge in [-0.1, -0.05) is 43.6 Å². The van der Waals surface area contributed by atoms with Gasteiger partial charge >= 0.3 is 0 Å². The van der Waals surface area contributed by atoms with Crippen molar-refractivity contribution in [2.24, 2.45) is 0 Å². The maximum absolute atomic E-state index is 12.0. The number of aryl methyl sites for hydroxylation is 1. The van der Waals surface area contributed by atoms with E-state index in [0.29, 0.717) is 18.8 Å². The second-order valence-electron chi connectivity index (χ2n) is 10.0. The Morgan fingerprint density at radius 1 is 1.16 bits per heavy atom. The second kappa shape index (κ2) is 10.1. The first-order valence-corrected chi connectivity index (χ1v) is 12.9. The average molecular weight is 519 g/mol. The number of aliphatic carboxylic acids is 1. The number of para-hydroxylation sites is 1. The number of carboxylic acid groups (broad SMARTS) is 1. The third-order valence-electron chi connectivity index (χ3n) is 7.27. The van der Waals surface area contributed by atoms with Crippen molar-refractivity contribution in [3.05, 3.63) is 93.1 Å². The van der Waals surface area contributed by atoms with Crippen LogP contribution in [-0.2, 0) is 17.8 Å². The minimum absolute atomic E-state index is 0.229. The smallest absolute Gasteiger partial charge is 0.153 e. The molecule has 0 radical (unpaired) electrons. The normalized spacial score (nSPS) is 17.1. The number of carbonyl (C=O) groups excluding carboxylic acids is 1. The van der Waals surface area contributed by atoms with Crippen LogP contribution in [0.15, 0.2) is 54.6 Å². The molecule has 0 fully saturated rings. The number of aromatic amines is 1. The topological polar surface area (TPSA) is 91.0 Å². The lowest BCUT2D eigenvalue weighted by Gasteiger charge is -2.29. The standard InChI is InChI=1S/C30H31ClN2O4/c1-16(2)21-13-23(31)17(3)11-27(21)37-15-19-12-18(9-10-26(19)36-4)28-29-22(14-25(33-28)30(34)35)20-7-5-6-8-24(20)32-29/h5-13,16,25,28,32-33H,14-15H2,1-4H3,(H,34,35)/t25-,28+/m1/s1. The van der Waals surface area contributed by atoms with E-state index in [2.05, 4.69) is 18.8 Å². The first kappa shape index (κ1) is 25.2. The van der Waals surface area contributed by atoms with Gasteiger partial charge in [-0.2, -0.15) is 0 Å². The van der Waals surface area contributed by atoms with Crippen LogP contribution in [-0.4, -0.2) is 24.1 Å². The van der Waals surface area contributed by atoms with Gasteiger partial charge in [0, 0.05) is 33.5 Å². The number of rotatable bonds is 7. The number of ether oxygens (including phenoxy) is 2. The number of hydrogen-bond acceptors (Lipinski definition) is 4. The van der Waals surface area contributed by atoms with Gasteiger partial charge in [-0.25, -0.2) is 0 Å². The quantitative estimate of drug-likeness (QED) is 0.384. The van der Waals surface area contributed by atoms with E-state index in [1.807, 2.05) is 66.8 Å². The Hall–Kier alpha value is -3.48. The zero-order chi connectivity index (χ0) is 26.3. The molecular weight excluding hydrogens is 488 g/mol. The predicted molar refractivity (Wildman–Crippen MR) is 142 cm³/mol. The Balaban J connectivity index is 1.52. The third-order valence-corrected chi connectivity index (χ3v) is 7.68. The molecule has 5 rings (SSSR count). The molecule has 7 heteroatoms. The number of quaternary nitrogens is 1. The maximum atomic E-state index is 12.0. The van der Waals surface area contributed by atoms with Gasteiger partial charge in [0.15, 0.2) is 6.04 Å². The van der Waals surface area contributed by atoms with E-state index < -0.39 is 12.0 Å². The van der Waals surface area contributed by atoms with E-state index in [1.165, 1.54) is 0 Å². The number of H-pyrrole nitrogens is 1. The fourth-order valence-electron chi connectivity index (χ4n) is 5.27. The Morgan fingerprint density at radius 2 is 1.95 bits per heavy atom. The van der Waals surface area contributed by atoms with Gasteiger partial charge in [-0.05, 0) is 65.9 Å². The van der Waals surface area contributed by atoms with Gasteiger partial charge in [0.1, 0.15) is 24.1 Å². The molecule has 0 spiro atoms. The van der Waals surface area contributed by atoms with Crippen LogP contribution in [0.4, 0.5) is 0 Å². The van der Waals surface area contributed by atoms with E-state index in [4.69, 9.17) is 21.1 Å². The number of benzene rings is 3. The summed E-state index contributed by atoms with van der Waals surface area (Å²) in [7, 11) is 1.64. The molecule has 0 amide bonds. The molecule has 1 aliphatic heterocycles. The monoisotopic (exact) mass is 518 g/mol. The van der Waals surface area contributed by atoms with Crippen molar-refractivity contribution in [1.82, 2.24) is 4.98 Å². The number of carbonyl (C=O) groups is 1. The summed E-state index contributed by atoms with van der Waals surface area (Å²) in [6.45, 7) is 6.48. The van der Waals surface area contributed by atoms with Crippen LogP contribution in [0.3, 0.4) is 0 Å². The van der Waals surface area contributed by atoms with E-state index in [1.54, 1.807) is 7.11 Å². The summed E-state index contributed by atoms with van der Waals surface area (Å²) >= 11 is 6.38. The Morgan fingerprint density at radius 3 is 2.68 bits per heavy atom. The summed E-state index contributed by atoms with van der Waals surface area (Å²) in [5, 5.41) is 15.6. The number of carboxylic acids is 1. The highest BCUT2D eigenvalue weighted by atomic mass is 35.5. The molecule has 6 nitrogen and oxygen atoms in total. The van der Waals surface area contributed by atoms with Gasteiger partial charge in [-0.15, -0.1) is 0 Å². The Bertz CT molecular complexity index is 1480. The number of aromatic nitrogens is 1. The summed E-state index contributed by atoms with van der Waals surface area (Å²) in [6, 6.07) is 17.0. The third kappa shape index (κ3) is 4.79. The van der Waals surface area contributed by atoms with Crippen molar-refractivity contribution in [1.29, 1.82) is 0 Å². The van der Waals surface area contributed by atoms with Crippen molar-refractivity contribution in [3.8, 4) is 11.5 Å². The molecule has 192 valence electrons. The molecule has 0 saturated carbocycles. The molecule has 3 N–H and O–H groups in total. The molecular formula is C30H31ClN2O4. The number of methoxy groups -OCH3 is 1. The van der Waals surface area contributed by atoms with Crippen molar-refractivity contribution < 1.29 is 24.7 Å². The van der Waals surface area contributed by atoms with E-state index in [9.17, 15) is 9.90 Å². The molecule has 4 aromatic rings. The fraction of sp³-hybridized carbons (Fsp3) is 0.300. The highest BCUT2D eigenvalue weighted by Gasteiger charge is 2.35. The lowest BCUT2D eigenvalue weighted by molar-refractivity contribution is -0.717. The van der Waals surface area contributed by atoms with Crippen molar-refractivity contribution in [3.63, 3.8) is 0 Å². The first-order valence-electron chi connectivity index (χ1n) is 12.5. The zero-order valence-corrected chi connectivity index (χ0v) is 22.2. The van der Waals surface area contributed by atoms with Crippen LogP contribution >= 0.6 is 11.6 Å². The average Bonchev–Trinajstić information content (AvgIpc) is 3.27. The number of halogens is 1. The van der Waals surface area contributed by atoms with Gasteiger partial charge in [0.05, 0.1) is 18.8 Å². The molecule has 1 aromatic heterocycles. The minimum Gasteiger partial charge on any atom is -0.544 e. The molecule has 0 unspecified atom stereocenters. The molecule has 2 heterocycles. The van der Waals surface area contributed by atoms with Gasteiger partial charge < -0.3 is 29.7 Å². The number of fused-ring (bicyclic) bond motifs is 3. The summed E-state index contributed by atoms with van der Waals surface area (Å²) in [6.07, 6.45) is 0.415. The zero-order valence-electron chi connectivity index (χ0n) is 21.4. The van der Waals surface area contributed by atoms with Gasteiger partial charge in [-0.3, -0.25) is 0 Å². The lowest BCUT2D eigenvalue weighted by Crippen LogP contribution is -2.95. The predicted octanol–water partition coefficient (Wildman–Crippen LogP) is 4.17. The number of hydrogen-bond donors (Lipinski definition) is 2. The molecule has 0 aliphatic carbocycles. The second-order valence-corrected chi connectivity index (χ2v) is 10.4. The highest BCUT2D eigenvalue weighted by molar-refractivity contribution is 6.31. The molecule has 2 atom stereocenters. The SMILES string of the molecule is COc1ccc([C@@H]2[NH2+][C@@H](C(=O)[O-])Cc3c2[nH]c2ccccc32)cc1COc1cc(C)c(Cl)cc1C(C)C. The van der Waals surface area contributed by atoms with Crippen LogP contribution < -0.4 is 19.9 Å². The van der Waals surface area contributed by atoms with Gasteiger partial charge in [0.25, 0.3) is 0 Å². The maximum Gasteiger partial charge on any atom is 0.153 e. The van der Waals surface area contributed by atoms with Crippen LogP contribution in [0.2, 0.25) is 5.02 Å². The molecule has 3 aromatic carbocycles. The summed E-state index contributed by atoms with van der Waals surface area (Å²) < 4.78 is 12.0. The lowest BCUT2D eigenvalue weighted by atomic mass is 9.89. The Labute approximate surface area is 221 Å². The molecule has 0 bridgehead atoms. The fourth-order valence-corrected chi connectivity index (χ4v) is 5.44. The van der Waals surface area contributed by atoms with Gasteiger partial charge in [0.2, 0.25) is 0 Å². The van der Waals surface area contributed by atoms with E-state index in [0.717, 1.165) is 55.2 Å². The highest BCUT2D eigenvalue weighted by Crippen LogP contribution is 2.35. The largest absolute Gasteiger partial charge is 0.544 e. The van der Waals surface area contributed by atoms with Crippen molar-refractivity contribution in [2.45, 2.75) is 51.8 Å². The van der Waals surface area contributed by atoms with Crippen molar-refractivity contribution in [2.75, 3.05) is 7.11 Å². The Kier molecular flexibility index (Phi) is 6.88. The van der Waals surface area contributed by atoms with Crippen LogP contribution in [0.5, 0.6) is 11.5 Å². The van der Waals surface area contributed by atoms with Crippen LogP contribution in [0.1, 0.15) is 59.3 Å². The summed E-state index contributed by atoms with van der Waals surface area (Å²) in [4.78, 5) is 15.5. The molecule has 37 heavy (non-hydrogen) atoms. The summed E-state index contributed by atoms with van der Waals surface area (Å²) in [5.41, 5.74) is 6.90.